The van der Waals surface area contributed by atoms with Crippen molar-refractivity contribution in [2.24, 2.45) is 5.41 Å². The van der Waals surface area contributed by atoms with Gasteiger partial charge < -0.3 is 0 Å². The van der Waals surface area contributed by atoms with Gasteiger partial charge in [-0.3, -0.25) is 0 Å². The van der Waals surface area contributed by atoms with Crippen molar-refractivity contribution in [1.29, 1.82) is 0 Å². The molecule has 0 aromatic carbocycles. The number of hydrogen-bond donors (Lipinski definition) is 0. The van der Waals surface area contributed by atoms with E-state index in [0.717, 1.165) is 28.2 Å². The van der Waals surface area contributed by atoms with Crippen LogP contribution in [0.1, 0.15) is 34.6 Å². The average molecular weight is 539 g/mol. The zero-order chi connectivity index (χ0) is 28.4. The second-order valence-corrected chi connectivity index (χ2v) is 28.6. The summed E-state index contributed by atoms with van der Waals surface area (Å²) >= 11 is 0. The Labute approximate surface area is 232 Å². The van der Waals surface area contributed by atoms with E-state index in [1.807, 2.05) is 0 Å². The van der Waals surface area contributed by atoms with Gasteiger partial charge in [0.05, 0.1) is 19.6 Å². The van der Waals surface area contributed by atoms with E-state index in [4.69, 9.17) is 0 Å². The van der Waals surface area contributed by atoms with Crippen molar-refractivity contribution < 1.29 is 0 Å². The normalized spacial score (nSPS) is 16.6. The first kappa shape index (κ1) is 30.8. The SMILES string of the molecule is CC1=CC(C(C)(C)C)=C[C+](C)C1=C=C1C(C#C[Si](C)(C)C)=C[C-](C#C[Si](C)(C)C)C=C1C#C[Si](C)(C)C. The van der Waals surface area contributed by atoms with Gasteiger partial charge in [-0.1, -0.05) is 64.8 Å². The molecule has 0 N–H and O–H groups in total. The van der Waals surface area contributed by atoms with Gasteiger partial charge >= 0.3 is 0 Å². The Bertz CT molecular complexity index is 1250. The van der Waals surface area contributed by atoms with E-state index in [-0.39, 0.29) is 5.41 Å². The van der Waals surface area contributed by atoms with Crippen LogP contribution >= 0.6 is 0 Å². The van der Waals surface area contributed by atoms with Crippen LogP contribution in [0.15, 0.2) is 63.5 Å². The molecule has 0 aromatic heterocycles. The van der Waals surface area contributed by atoms with Crippen molar-refractivity contribution in [2.75, 3.05) is 0 Å². The smallest absolute Gasteiger partial charge is 0.152 e. The van der Waals surface area contributed by atoms with Gasteiger partial charge in [0.15, 0.2) is 5.57 Å². The van der Waals surface area contributed by atoms with Crippen molar-refractivity contribution in [3.8, 4) is 34.4 Å². The molecule has 2 aliphatic carbocycles. The topological polar surface area (TPSA) is 0 Å². The zero-order valence-electron chi connectivity index (χ0n) is 25.8. The van der Waals surface area contributed by atoms with E-state index in [1.165, 1.54) is 17.1 Å². The van der Waals surface area contributed by atoms with E-state index >= 15 is 0 Å². The molecule has 0 spiro atoms. The van der Waals surface area contributed by atoms with Gasteiger partial charge in [-0.25, -0.2) is 5.54 Å². The predicted molar refractivity (Wildman–Crippen MR) is 174 cm³/mol. The largest absolute Gasteiger partial charge is 0.224 e. The molecule has 0 aromatic rings. The molecule has 0 fully saturated rings. The third kappa shape index (κ3) is 10.1. The molecule has 0 heterocycles. The number of rotatable bonds is 0. The highest BCUT2D eigenvalue weighted by atomic mass is 28.3. The van der Waals surface area contributed by atoms with Gasteiger partial charge in [-0.05, 0) is 51.5 Å². The minimum atomic E-state index is -1.58. The van der Waals surface area contributed by atoms with Crippen LogP contribution in [-0.4, -0.2) is 24.2 Å². The summed E-state index contributed by atoms with van der Waals surface area (Å²) in [5, 5.41) is 0. The second kappa shape index (κ2) is 11.1. The van der Waals surface area contributed by atoms with Crippen molar-refractivity contribution in [2.45, 2.75) is 93.5 Å². The molecule has 0 unspecified atom stereocenters. The predicted octanol–water partition coefficient (Wildman–Crippen LogP) is 9.05. The molecule has 2 aliphatic rings. The third-order valence-electron chi connectivity index (χ3n) is 5.51. The highest BCUT2D eigenvalue weighted by Crippen LogP contribution is 2.38. The summed E-state index contributed by atoms with van der Waals surface area (Å²) in [6.45, 7) is 31.7. The summed E-state index contributed by atoms with van der Waals surface area (Å²) in [6.07, 6.45) is 8.95. The maximum Gasteiger partial charge on any atom is 0.152 e. The van der Waals surface area contributed by atoms with Gasteiger partial charge in [-0.15, -0.1) is 35.1 Å². The lowest BCUT2D eigenvalue weighted by molar-refractivity contribution is 0.514. The van der Waals surface area contributed by atoms with Crippen LogP contribution in [0.25, 0.3) is 0 Å². The van der Waals surface area contributed by atoms with Gasteiger partial charge in [0.25, 0.3) is 0 Å². The molecule has 0 aliphatic heterocycles. The molecule has 3 heteroatoms. The molecule has 0 saturated heterocycles. The van der Waals surface area contributed by atoms with Gasteiger partial charge in [0.2, 0.25) is 0 Å². The lowest BCUT2D eigenvalue weighted by atomic mass is 9.77. The average Bonchev–Trinajstić information content (AvgIpc) is 2.70. The molecule has 0 bridgehead atoms. The Morgan fingerprint density at radius 2 is 1.22 bits per heavy atom. The van der Waals surface area contributed by atoms with Crippen LogP contribution in [-0.2, 0) is 0 Å². The summed E-state index contributed by atoms with van der Waals surface area (Å²) in [5.74, 6) is 12.8. The first-order valence-electron chi connectivity index (χ1n) is 13.3. The van der Waals surface area contributed by atoms with Gasteiger partial charge in [-0.2, -0.15) is 5.92 Å². The maximum absolute atomic E-state index is 3.81. The molecule has 0 atom stereocenters. The van der Waals surface area contributed by atoms with Crippen molar-refractivity contribution in [3.63, 3.8) is 0 Å². The Balaban J connectivity index is 2.89. The first-order chi connectivity index (χ1) is 16.6. The van der Waals surface area contributed by atoms with Crippen molar-refractivity contribution in [3.05, 3.63) is 75.3 Å². The Morgan fingerprint density at radius 1 is 0.757 bits per heavy atom. The van der Waals surface area contributed by atoms with Gasteiger partial charge in [0, 0.05) is 28.7 Å². The zero-order valence-corrected chi connectivity index (χ0v) is 28.8. The quantitative estimate of drug-likeness (QED) is 0.125. The molecule has 37 heavy (non-hydrogen) atoms. The summed E-state index contributed by atoms with van der Waals surface area (Å²) in [4.78, 5) is 0. The van der Waals surface area contributed by atoms with Crippen molar-refractivity contribution >= 4 is 24.2 Å². The van der Waals surface area contributed by atoms with Crippen LogP contribution < -0.4 is 0 Å². The summed E-state index contributed by atoms with van der Waals surface area (Å²) < 4.78 is 0. The first-order valence-corrected chi connectivity index (χ1v) is 23.8. The van der Waals surface area contributed by atoms with Gasteiger partial charge in [0.1, 0.15) is 16.1 Å². The molecule has 0 radical (unpaired) electrons. The summed E-state index contributed by atoms with van der Waals surface area (Å²) in [6, 6.07) is 0. The lowest BCUT2D eigenvalue weighted by Gasteiger charge is -2.23. The highest BCUT2D eigenvalue weighted by molar-refractivity contribution is 6.84. The molecule has 2 rings (SSSR count). The molecular weight excluding hydrogens is 493 g/mol. The van der Waals surface area contributed by atoms with E-state index < -0.39 is 24.2 Å². The second-order valence-electron chi connectivity index (χ2n) is 14.3. The van der Waals surface area contributed by atoms with Crippen molar-refractivity contribution in [1.82, 2.24) is 0 Å². The van der Waals surface area contributed by atoms with Crippen LogP contribution in [0.3, 0.4) is 0 Å². The Hall–Kier alpha value is -2.45. The fourth-order valence-corrected chi connectivity index (χ4v) is 5.07. The number of hydrogen-bond acceptors (Lipinski definition) is 0. The standard InChI is InChI=1S/C34H46Si3/c1-26-21-31(34(3,4)5)22-27(2)32(26)25-33-29(16-19-36(9,10)11)23-28(15-18-35(6,7)8)24-30(33)17-20-37(12,13)14/h21-24H,1-14H3. The molecule has 194 valence electrons. The molecular formula is C34H46Si3. The monoisotopic (exact) mass is 538 g/mol. The maximum atomic E-state index is 3.81. The molecule has 0 saturated carbocycles. The fourth-order valence-electron chi connectivity index (χ4n) is 3.53. The third-order valence-corrected chi connectivity index (χ3v) is 8.14. The van der Waals surface area contributed by atoms with E-state index in [1.54, 1.807) is 0 Å². The van der Waals surface area contributed by atoms with Crippen LogP contribution in [0.4, 0.5) is 0 Å². The summed E-state index contributed by atoms with van der Waals surface area (Å²) in [7, 11) is -4.69. The van der Waals surface area contributed by atoms with E-state index in [9.17, 15) is 0 Å². The molecule has 0 nitrogen and oxygen atoms in total. The minimum Gasteiger partial charge on any atom is -0.224 e. The minimum absolute atomic E-state index is 0.104. The Morgan fingerprint density at radius 3 is 1.59 bits per heavy atom. The van der Waals surface area contributed by atoms with Crippen LogP contribution in [0, 0.1) is 51.6 Å². The lowest BCUT2D eigenvalue weighted by Crippen LogP contribution is -2.18. The van der Waals surface area contributed by atoms with Crippen LogP contribution in [0.2, 0.25) is 58.9 Å². The van der Waals surface area contributed by atoms with Crippen LogP contribution in [0.5, 0.6) is 0 Å². The highest BCUT2D eigenvalue weighted by Gasteiger charge is 2.29. The van der Waals surface area contributed by atoms with E-state index in [0.29, 0.717) is 0 Å². The summed E-state index contributed by atoms with van der Waals surface area (Å²) in [5.41, 5.74) is 21.3. The Kier molecular flexibility index (Phi) is 9.24. The number of allylic oxidation sites excluding steroid dienone is 9. The van der Waals surface area contributed by atoms with E-state index in [2.05, 4.69) is 158 Å². The molecule has 0 amide bonds. The fraction of sp³-hybridized carbons (Fsp3) is 0.441.